The van der Waals surface area contributed by atoms with Gasteiger partial charge in [-0.2, -0.15) is 5.10 Å². The standard InChI is InChI=1S/C15H28N4O/c1-11(2)19-15(14(20-3)10-17-19)13(18-16)9-8-12-6-4-5-7-12/h10-13,18H,4-9,16H2,1-3H3. The molecule has 114 valence electrons. The summed E-state index contributed by atoms with van der Waals surface area (Å²) in [5.41, 5.74) is 4.03. The van der Waals surface area contributed by atoms with Crippen molar-refractivity contribution >= 4 is 0 Å². The fourth-order valence-corrected chi connectivity index (χ4v) is 3.26. The highest BCUT2D eigenvalue weighted by Gasteiger charge is 2.24. The van der Waals surface area contributed by atoms with E-state index in [2.05, 4.69) is 24.4 Å². The summed E-state index contributed by atoms with van der Waals surface area (Å²) in [6, 6.07) is 0.409. The number of hydrazine groups is 1. The lowest BCUT2D eigenvalue weighted by atomic mass is 9.97. The van der Waals surface area contributed by atoms with Gasteiger partial charge in [0.05, 0.1) is 25.0 Å². The maximum Gasteiger partial charge on any atom is 0.161 e. The van der Waals surface area contributed by atoms with Crippen molar-refractivity contribution in [2.45, 2.75) is 64.5 Å². The van der Waals surface area contributed by atoms with Crippen LogP contribution in [0.2, 0.25) is 0 Å². The van der Waals surface area contributed by atoms with Crippen LogP contribution < -0.4 is 16.0 Å². The lowest BCUT2D eigenvalue weighted by molar-refractivity contribution is 0.359. The monoisotopic (exact) mass is 280 g/mol. The number of ether oxygens (including phenoxy) is 1. The number of nitrogens with zero attached hydrogens (tertiary/aromatic N) is 2. The molecule has 0 bridgehead atoms. The van der Waals surface area contributed by atoms with E-state index in [0.29, 0.717) is 6.04 Å². The molecule has 0 amide bonds. The van der Waals surface area contributed by atoms with E-state index in [1.807, 2.05) is 4.68 Å². The van der Waals surface area contributed by atoms with Crippen LogP contribution in [-0.2, 0) is 0 Å². The Morgan fingerprint density at radius 1 is 1.45 bits per heavy atom. The molecule has 1 atom stereocenters. The molecule has 1 saturated carbocycles. The van der Waals surface area contributed by atoms with Gasteiger partial charge in [0, 0.05) is 6.04 Å². The molecular weight excluding hydrogens is 252 g/mol. The van der Waals surface area contributed by atoms with Gasteiger partial charge in [0.1, 0.15) is 0 Å². The number of hydrogen-bond acceptors (Lipinski definition) is 4. The molecule has 0 aromatic carbocycles. The zero-order chi connectivity index (χ0) is 14.5. The Morgan fingerprint density at radius 3 is 2.70 bits per heavy atom. The van der Waals surface area contributed by atoms with Gasteiger partial charge in [-0.05, 0) is 32.6 Å². The maximum absolute atomic E-state index is 5.79. The first kappa shape index (κ1) is 15.3. The van der Waals surface area contributed by atoms with Crippen molar-refractivity contribution in [3.63, 3.8) is 0 Å². The quantitative estimate of drug-likeness (QED) is 0.595. The van der Waals surface area contributed by atoms with Crippen LogP contribution in [0.25, 0.3) is 0 Å². The molecule has 0 aliphatic heterocycles. The first-order valence-electron chi connectivity index (χ1n) is 7.74. The third kappa shape index (κ3) is 3.33. The molecule has 3 N–H and O–H groups in total. The maximum atomic E-state index is 5.79. The van der Waals surface area contributed by atoms with Crippen molar-refractivity contribution in [3.05, 3.63) is 11.9 Å². The van der Waals surface area contributed by atoms with Crippen LogP contribution in [-0.4, -0.2) is 16.9 Å². The van der Waals surface area contributed by atoms with Gasteiger partial charge in [-0.1, -0.05) is 25.7 Å². The van der Waals surface area contributed by atoms with Gasteiger partial charge in [-0.3, -0.25) is 16.0 Å². The molecular formula is C15H28N4O. The van der Waals surface area contributed by atoms with E-state index in [1.54, 1.807) is 13.3 Å². The lowest BCUT2D eigenvalue weighted by Crippen LogP contribution is -2.31. The van der Waals surface area contributed by atoms with Crippen LogP contribution in [0, 0.1) is 5.92 Å². The Bertz CT molecular complexity index is 410. The molecule has 1 fully saturated rings. The first-order valence-corrected chi connectivity index (χ1v) is 7.74. The molecule has 1 aliphatic rings. The minimum atomic E-state index is 0.107. The lowest BCUT2D eigenvalue weighted by Gasteiger charge is -2.22. The van der Waals surface area contributed by atoms with Crippen molar-refractivity contribution in [3.8, 4) is 5.75 Å². The average molecular weight is 280 g/mol. The van der Waals surface area contributed by atoms with Crippen molar-refractivity contribution in [1.82, 2.24) is 15.2 Å². The number of rotatable bonds is 7. The molecule has 1 heterocycles. The van der Waals surface area contributed by atoms with E-state index in [1.165, 1.54) is 32.1 Å². The molecule has 0 radical (unpaired) electrons. The molecule has 1 unspecified atom stereocenters. The largest absolute Gasteiger partial charge is 0.493 e. The van der Waals surface area contributed by atoms with Crippen LogP contribution in [0.15, 0.2) is 6.20 Å². The second kappa shape index (κ2) is 7.09. The molecule has 1 aliphatic carbocycles. The Labute approximate surface area is 121 Å². The van der Waals surface area contributed by atoms with Crippen molar-refractivity contribution in [2.24, 2.45) is 11.8 Å². The number of hydrogen-bond donors (Lipinski definition) is 2. The van der Waals surface area contributed by atoms with Crippen LogP contribution in [0.3, 0.4) is 0 Å². The summed E-state index contributed by atoms with van der Waals surface area (Å²) in [6.45, 7) is 4.25. The highest BCUT2D eigenvalue weighted by molar-refractivity contribution is 5.28. The predicted octanol–water partition coefficient (Wildman–Crippen LogP) is 2.95. The molecule has 5 heteroatoms. The zero-order valence-electron chi connectivity index (χ0n) is 12.9. The third-order valence-corrected chi connectivity index (χ3v) is 4.38. The van der Waals surface area contributed by atoms with Gasteiger partial charge in [0.2, 0.25) is 0 Å². The van der Waals surface area contributed by atoms with E-state index in [-0.39, 0.29) is 6.04 Å². The summed E-state index contributed by atoms with van der Waals surface area (Å²) >= 11 is 0. The van der Waals surface area contributed by atoms with E-state index < -0.39 is 0 Å². The predicted molar refractivity (Wildman–Crippen MR) is 80.4 cm³/mol. The third-order valence-electron chi connectivity index (χ3n) is 4.38. The van der Waals surface area contributed by atoms with Crippen molar-refractivity contribution < 1.29 is 4.74 Å². The minimum absolute atomic E-state index is 0.107. The molecule has 5 nitrogen and oxygen atoms in total. The minimum Gasteiger partial charge on any atom is -0.493 e. The zero-order valence-corrected chi connectivity index (χ0v) is 12.9. The normalized spacial score (nSPS) is 17.9. The van der Waals surface area contributed by atoms with Crippen LogP contribution in [0.1, 0.15) is 70.2 Å². The van der Waals surface area contributed by atoms with Gasteiger partial charge in [0.15, 0.2) is 5.75 Å². The van der Waals surface area contributed by atoms with Crippen molar-refractivity contribution in [1.29, 1.82) is 0 Å². The Hall–Kier alpha value is -1.07. The summed E-state index contributed by atoms with van der Waals surface area (Å²) in [7, 11) is 1.69. The first-order chi connectivity index (χ1) is 9.67. The van der Waals surface area contributed by atoms with E-state index in [4.69, 9.17) is 10.6 Å². The second-order valence-corrected chi connectivity index (χ2v) is 6.08. The van der Waals surface area contributed by atoms with E-state index in [0.717, 1.165) is 23.8 Å². The van der Waals surface area contributed by atoms with Gasteiger partial charge >= 0.3 is 0 Å². The van der Waals surface area contributed by atoms with Gasteiger partial charge < -0.3 is 4.74 Å². The smallest absolute Gasteiger partial charge is 0.161 e. The highest BCUT2D eigenvalue weighted by Crippen LogP contribution is 2.34. The molecule has 0 saturated heterocycles. The van der Waals surface area contributed by atoms with Gasteiger partial charge in [-0.25, -0.2) is 0 Å². The molecule has 0 spiro atoms. The fourth-order valence-electron chi connectivity index (χ4n) is 3.26. The Balaban J connectivity index is 2.10. The molecule has 1 aromatic rings. The number of nitrogens with one attached hydrogen (secondary N) is 1. The summed E-state index contributed by atoms with van der Waals surface area (Å²) < 4.78 is 7.46. The highest BCUT2D eigenvalue weighted by atomic mass is 16.5. The SMILES string of the molecule is COc1cnn(C(C)C)c1C(CCC1CCCC1)NN. The van der Waals surface area contributed by atoms with Crippen LogP contribution >= 0.6 is 0 Å². The van der Waals surface area contributed by atoms with Gasteiger partial charge in [-0.15, -0.1) is 0 Å². The topological polar surface area (TPSA) is 65.1 Å². The fraction of sp³-hybridized carbons (Fsp3) is 0.800. The average Bonchev–Trinajstić information content (AvgIpc) is 3.08. The van der Waals surface area contributed by atoms with E-state index in [9.17, 15) is 0 Å². The van der Waals surface area contributed by atoms with Gasteiger partial charge in [0.25, 0.3) is 0 Å². The van der Waals surface area contributed by atoms with Crippen molar-refractivity contribution in [2.75, 3.05) is 7.11 Å². The Kier molecular flexibility index (Phi) is 5.43. The molecule has 20 heavy (non-hydrogen) atoms. The molecule has 2 rings (SSSR count). The summed E-state index contributed by atoms with van der Waals surface area (Å²) in [4.78, 5) is 0. The summed E-state index contributed by atoms with van der Waals surface area (Å²) in [6.07, 6.45) is 9.57. The summed E-state index contributed by atoms with van der Waals surface area (Å²) in [5.74, 6) is 7.49. The second-order valence-electron chi connectivity index (χ2n) is 6.08. The van der Waals surface area contributed by atoms with E-state index >= 15 is 0 Å². The summed E-state index contributed by atoms with van der Waals surface area (Å²) in [5, 5.41) is 4.43. The Morgan fingerprint density at radius 2 is 2.15 bits per heavy atom. The molecule has 1 aromatic heterocycles. The number of methoxy groups -OCH3 is 1. The van der Waals surface area contributed by atoms with Crippen LogP contribution in [0.4, 0.5) is 0 Å². The van der Waals surface area contributed by atoms with Crippen LogP contribution in [0.5, 0.6) is 5.75 Å². The number of aromatic nitrogens is 2. The number of nitrogens with two attached hydrogens (primary N) is 1.